The third-order valence-electron chi connectivity index (χ3n) is 4.95. The van der Waals surface area contributed by atoms with Gasteiger partial charge in [0.05, 0.1) is 5.56 Å². The Morgan fingerprint density at radius 3 is 2.21 bits per heavy atom. The Bertz CT molecular complexity index is 788. The lowest BCUT2D eigenvalue weighted by molar-refractivity contribution is -0.137. The number of hydrogen-bond acceptors (Lipinski definition) is 2. The van der Waals surface area contributed by atoms with E-state index in [1.807, 2.05) is 0 Å². The number of aryl methyl sites for hydroxylation is 1. The number of amides is 1. The number of alkyl halides is 3. The average Bonchev–Trinajstić information content (AvgIpc) is 2.93. The minimum absolute atomic E-state index is 0.000791. The van der Waals surface area contributed by atoms with Crippen LogP contribution in [-0.2, 0) is 17.4 Å². The number of benzene rings is 2. The number of rotatable bonds is 4. The lowest BCUT2D eigenvalue weighted by atomic mass is 10.1. The summed E-state index contributed by atoms with van der Waals surface area (Å²) in [4.78, 5) is 16.4. The Morgan fingerprint density at radius 1 is 0.893 bits per heavy atom. The zero-order valence-corrected chi connectivity index (χ0v) is 15.4. The fraction of sp³-hybridized carbons (Fsp3) is 0.381. The summed E-state index contributed by atoms with van der Waals surface area (Å²) < 4.78 is 50.9. The van der Waals surface area contributed by atoms with Gasteiger partial charge in [0, 0.05) is 38.3 Å². The molecule has 1 heterocycles. The zero-order chi connectivity index (χ0) is 20.1. The molecule has 28 heavy (non-hydrogen) atoms. The van der Waals surface area contributed by atoms with Crippen molar-refractivity contribution >= 4 is 11.6 Å². The Labute approximate surface area is 161 Å². The molecule has 0 atom stereocenters. The molecule has 1 fully saturated rings. The summed E-state index contributed by atoms with van der Waals surface area (Å²) >= 11 is 0. The van der Waals surface area contributed by atoms with E-state index in [1.165, 1.54) is 24.3 Å². The Kier molecular flexibility index (Phi) is 6.21. The monoisotopic (exact) mass is 394 g/mol. The van der Waals surface area contributed by atoms with Gasteiger partial charge in [0.15, 0.2) is 0 Å². The molecule has 3 rings (SSSR count). The summed E-state index contributed by atoms with van der Waals surface area (Å²) in [6.45, 7) is 2.67. The van der Waals surface area contributed by atoms with E-state index in [0.717, 1.165) is 30.8 Å². The summed E-state index contributed by atoms with van der Waals surface area (Å²) in [6, 6.07) is 11.3. The summed E-state index contributed by atoms with van der Waals surface area (Å²) in [5.41, 5.74) is 0.959. The van der Waals surface area contributed by atoms with Crippen molar-refractivity contribution in [3.05, 3.63) is 65.5 Å². The number of anilines is 1. The van der Waals surface area contributed by atoms with Gasteiger partial charge in [-0.25, -0.2) is 4.39 Å². The van der Waals surface area contributed by atoms with Crippen LogP contribution in [0.2, 0.25) is 0 Å². The SMILES string of the molecule is O=C(CCc1ccc(C(F)(F)F)cc1)N1CCCN(c2ccc(F)cc2)CC1. The van der Waals surface area contributed by atoms with Crippen LogP contribution in [0.1, 0.15) is 24.0 Å². The maximum Gasteiger partial charge on any atom is 0.416 e. The number of carbonyl (C=O) groups excluding carboxylic acids is 1. The molecule has 0 N–H and O–H groups in total. The van der Waals surface area contributed by atoms with Crippen LogP contribution in [0.3, 0.4) is 0 Å². The molecular weight excluding hydrogens is 372 g/mol. The van der Waals surface area contributed by atoms with E-state index in [-0.39, 0.29) is 18.1 Å². The zero-order valence-electron chi connectivity index (χ0n) is 15.4. The molecule has 3 nitrogen and oxygen atoms in total. The molecule has 7 heteroatoms. The highest BCUT2D eigenvalue weighted by atomic mass is 19.4. The fourth-order valence-corrected chi connectivity index (χ4v) is 3.35. The molecule has 0 spiro atoms. The highest BCUT2D eigenvalue weighted by Crippen LogP contribution is 2.29. The van der Waals surface area contributed by atoms with E-state index in [4.69, 9.17) is 0 Å². The van der Waals surface area contributed by atoms with Gasteiger partial charge in [0.2, 0.25) is 5.91 Å². The molecule has 0 aliphatic carbocycles. The first kappa shape index (κ1) is 20.2. The molecule has 1 saturated heterocycles. The van der Waals surface area contributed by atoms with Gasteiger partial charge in [-0.05, 0) is 54.8 Å². The first-order valence-corrected chi connectivity index (χ1v) is 9.27. The number of carbonyl (C=O) groups is 1. The van der Waals surface area contributed by atoms with E-state index in [1.54, 1.807) is 17.0 Å². The summed E-state index contributed by atoms with van der Waals surface area (Å²) in [7, 11) is 0. The second kappa shape index (κ2) is 8.63. The van der Waals surface area contributed by atoms with Crippen molar-refractivity contribution in [3.8, 4) is 0 Å². The molecule has 1 amide bonds. The van der Waals surface area contributed by atoms with E-state index in [2.05, 4.69) is 4.90 Å². The van der Waals surface area contributed by atoms with Crippen LogP contribution in [0.25, 0.3) is 0 Å². The first-order chi connectivity index (χ1) is 13.3. The Balaban J connectivity index is 1.51. The molecule has 0 radical (unpaired) electrons. The standard InChI is InChI=1S/C21H22F4N2O/c22-18-7-9-19(10-8-18)26-12-1-13-27(15-14-26)20(28)11-4-16-2-5-17(6-3-16)21(23,24)25/h2-3,5-10H,1,4,11-15H2. The molecule has 0 unspecified atom stereocenters. The maximum absolute atomic E-state index is 13.1. The molecule has 1 aliphatic heterocycles. The molecular formula is C21H22F4N2O. The highest BCUT2D eigenvalue weighted by Gasteiger charge is 2.30. The molecule has 2 aromatic carbocycles. The van der Waals surface area contributed by atoms with Crippen molar-refractivity contribution in [1.82, 2.24) is 4.90 Å². The van der Waals surface area contributed by atoms with Crippen LogP contribution < -0.4 is 4.90 Å². The van der Waals surface area contributed by atoms with Gasteiger partial charge in [-0.1, -0.05) is 12.1 Å². The number of hydrogen-bond donors (Lipinski definition) is 0. The van der Waals surface area contributed by atoms with Crippen molar-refractivity contribution in [2.75, 3.05) is 31.1 Å². The third kappa shape index (κ3) is 5.24. The minimum Gasteiger partial charge on any atom is -0.370 e. The summed E-state index contributed by atoms with van der Waals surface area (Å²) in [5.74, 6) is -0.278. The van der Waals surface area contributed by atoms with Crippen molar-refractivity contribution < 1.29 is 22.4 Å². The molecule has 1 aliphatic rings. The quantitative estimate of drug-likeness (QED) is 0.712. The topological polar surface area (TPSA) is 23.6 Å². The van der Waals surface area contributed by atoms with E-state index >= 15 is 0 Å². The number of nitrogens with zero attached hydrogens (tertiary/aromatic N) is 2. The molecule has 0 saturated carbocycles. The van der Waals surface area contributed by atoms with E-state index in [0.29, 0.717) is 31.6 Å². The second-order valence-corrected chi connectivity index (χ2v) is 6.89. The van der Waals surface area contributed by atoms with Crippen molar-refractivity contribution in [1.29, 1.82) is 0 Å². The van der Waals surface area contributed by atoms with Crippen molar-refractivity contribution in [3.63, 3.8) is 0 Å². The van der Waals surface area contributed by atoms with Crippen LogP contribution in [0.5, 0.6) is 0 Å². The average molecular weight is 394 g/mol. The van der Waals surface area contributed by atoms with Gasteiger partial charge >= 0.3 is 6.18 Å². The number of halogens is 4. The largest absolute Gasteiger partial charge is 0.416 e. The predicted octanol–water partition coefficient (Wildman–Crippen LogP) is 4.52. The van der Waals surface area contributed by atoms with Gasteiger partial charge in [-0.3, -0.25) is 4.79 Å². The lowest BCUT2D eigenvalue weighted by Crippen LogP contribution is -2.35. The Morgan fingerprint density at radius 2 is 1.57 bits per heavy atom. The van der Waals surface area contributed by atoms with Gasteiger partial charge in [-0.2, -0.15) is 13.2 Å². The predicted molar refractivity (Wildman–Crippen MR) is 99.6 cm³/mol. The maximum atomic E-state index is 13.1. The van der Waals surface area contributed by atoms with Crippen LogP contribution in [-0.4, -0.2) is 37.0 Å². The Hall–Kier alpha value is -2.57. The second-order valence-electron chi connectivity index (χ2n) is 6.89. The summed E-state index contributed by atoms with van der Waals surface area (Å²) in [6.07, 6.45) is -2.86. The van der Waals surface area contributed by atoms with Crippen molar-refractivity contribution in [2.24, 2.45) is 0 Å². The third-order valence-corrected chi connectivity index (χ3v) is 4.95. The van der Waals surface area contributed by atoms with Crippen LogP contribution in [0.4, 0.5) is 23.2 Å². The molecule has 0 aromatic heterocycles. The van der Waals surface area contributed by atoms with Gasteiger partial charge < -0.3 is 9.80 Å². The highest BCUT2D eigenvalue weighted by molar-refractivity contribution is 5.76. The van der Waals surface area contributed by atoms with E-state index in [9.17, 15) is 22.4 Å². The molecule has 0 bridgehead atoms. The molecule has 2 aromatic rings. The fourth-order valence-electron chi connectivity index (χ4n) is 3.35. The normalized spacial score (nSPS) is 15.4. The smallest absolute Gasteiger partial charge is 0.370 e. The van der Waals surface area contributed by atoms with Crippen LogP contribution in [0, 0.1) is 5.82 Å². The van der Waals surface area contributed by atoms with Gasteiger partial charge in [0.1, 0.15) is 5.82 Å². The molecule has 150 valence electrons. The first-order valence-electron chi connectivity index (χ1n) is 9.27. The van der Waals surface area contributed by atoms with Gasteiger partial charge in [-0.15, -0.1) is 0 Å². The summed E-state index contributed by atoms with van der Waals surface area (Å²) in [5, 5.41) is 0. The van der Waals surface area contributed by atoms with Crippen LogP contribution in [0.15, 0.2) is 48.5 Å². The minimum atomic E-state index is -4.35. The van der Waals surface area contributed by atoms with Crippen molar-refractivity contribution in [2.45, 2.75) is 25.4 Å². The van der Waals surface area contributed by atoms with Gasteiger partial charge in [0.25, 0.3) is 0 Å². The lowest BCUT2D eigenvalue weighted by Gasteiger charge is -2.23. The van der Waals surface area contributed by atoms with Crippen LogP contribution >= 0.6 is 0 Å². The van der Waals surface area contributed by atoms with E-state index < -0.39 is 11.7 Å².